The largest absolute Gasteiger partial charge is 0.338 e. The van der Waals surface area contributed by atoms with Gasteiger partial charge in [-0.1, -0.05) is 11.6 Å². The van der Waals surface area contributed by atoms with Gasteiger partial charge in [-0.2, -0.15) is 5.10 Å². The molecule has 1 aromatic heterocycles. The Labute approximate surface area is 138 Å². The molecule has 0 bridgehead atoms. The summed E-state index contributed by atoms with van der Waals surface area (Å²) >= 11 is 5.85. The van der Waals surface area contributed by atoms with Crippen molar-refractivity contribution >= 4 is 29.1 Å². The van der Waals surface area contributed by atoms with Crippen molar-refractivity contribution in [1.29, 1.82) is 0 Å². The van der Waals surface area contributed by atoms with Crippen molar-refractivity contribution in [2.75, 3.05) is 18.4 Å². The summed E-state index contributed by atoms with van der Waals surface area (Å²) < 4.78 is 0. The molecule has 1 fully saturated rings. The number of halogens is 1. The molecule has 2 aromatic rings. The third kappa shape index (κ3) is 3.71. The lowest BCUT2D eigenvalue weighted by Crippen LogP contribution is -2.43. The monoisotopic (exact) mass is 332 g/mol. The van der Waals surface area contributed by atoms with Gasteiger partial charge < -0.3 is 10.2 Å². The number of aromatic amines is 1. The molecule has 120 valence electrons. The molecule has 0 saturated carbocycles. The number of amides is 2. The predicted molar refractivity (Wildman–Crippen MR) is 87.3 cm³/mol. The number of H-pyrrole nitrogens is 1. The van der Waals surface area contributed by atoms with E-state index in [-0.39, 0.29) is 17.7 Å². The van der Waals surface area contributed by atoms with Crippen molar-refractivity contribution in [1.82, 2.24) is 15.1 Å². The van der Waals surface area contributed by atoms with Crippen LogP contribution in [0, 0.1) is 5.92 Å². The Kier molecular flexibility index (Phi) is 4.62. The average molecular weight is 333 g/mol. The van der Waals surface area contributed by atoms with Gasteiger partial charge in [-0.05, 0) is 37.1 Å². The second-order valence-corrected chi connectivity index (χ2v) is 6.01. The molecule has 3 rings (SSSR count). The molecule has 0 aliphatic carbocycles. The van der Waals surface area contributed by atoms with Gasteiger partial charge in [0.2, 0.25) is 5.91 Å². The molecule has 23 heavy (non-hydrogen) atoms. The highest BCUT2D eigenvalue weighted by atomic mass is 35.5. The van der Waals surface area contributed by atoms with Crippen LogP contribution >= 0.6 is 11.6 Å². The van der Waals surface area contributed by atoms with E-state index in [0.717, 1.165) is 12.8 Å². The summed E-state index contributed by atoms with van der Waals surface area (Å²) in [6.07, 6.45) is 4.76. The molecular formula is C16H17ClN4O2. The summed E-state index contributed by atoms with van der Waals surface area (Å²) in [5.41, 5.74) is 1.22. The zero-order valence-corrected chi connectivity index (χ0v) is 13.2. The van der Waals surface area contributed by atoms with Gasteiger partial charge in [0.1, 0.15) is 0 Å². The lowest BCUT2D eigenvalue weighted by Gasteiger charge is -2.32. The number of nitrogens with zero attached hydrogens (tertiary/aromatic N) is 2. The Balaban J connectivity index is 1.64. The molecule has 1 aliphatic heterocycles. The fourth-order valence-electron chi connectivity index (χ4n) is 2.71. The van der Waals surface area contributed by atoms with Crippen LogP contribution in [0.15, 0.2) is 36.7 Å². The molecule has 1 unspecified atom stereocenters. The van der Waals surface area contributed by atoms with Crippen LogP contribution in [-0.4, -0.2) is 40.0 Å². The number of piperidine rings is 1. The highest BCUT2D eigenvalue weighted by molar-refractivity contribution is 6.30. The maximum atomic E-state index is 12.5. The van der Waals surface area contributed by atoms with Gasteiger partial charge in [-0.15, -0.1) is 0 Å². The van der Waals surface area contributed by atoms with Crippen molar-refractivity contribution < 1.29 is 9.59 Å². The van der Waals surface area contributed by atoms with Crippen molar-refractivity contribution in [2.45, 2.75) is 12.8 Å². The predicted octanol–water partition coefficient (Wildman–Crippen LogP) is 2.55. The van der Waals surface area contributed by atoms with Gasteiger partial charge in [-0.3, -0.25) is 14.7 Å². The molecule has 1 aromatic carbocycles. The molecule has 1 saturated heterocycles. The maximum Gasteiger partial charge on any atom is 0.253 e. The van der Waals surface area contributed by atoms with Gasteiger partial charge in [0.25, 0.3) is 5.91 Å². The van der Waals surface area contributed by atoms with Crippen LogP contribution in [-0.2, 0) is 4.79 Å². The Morgan fingerprint density at radius 3 is 2.78 bits per heavy atom. The van der Waals surface area contributed by atoms with Gasteiger partial charge in [0, 0.05) is 29.9 Å². The van der Waals surface area contributed by atoms with Crippen LogP contribution in [0.2, 0.25) is 5.02 Å². The SMILES string of the molecule is O=C(Nc1cn[nH]c1)C1CCCN(C(=O)c2ccc(Cl)cc2)C1. The third-order valence-electron chi connectivity index (χ3n) is 3.94. The minimum Gasteiger partial charge on any atom is -0.338 e. The van der Waals surface area contributed by atoms with Crippen molar-refractivity contribution in [3.8, 4) is 0 Å². The molecule has 2 heterocycles. The number of carbonyl (C=O) groups is 2. The highest BCUT2D eigenvalue weighted by Gasteiger charge is 2.29. The Morgan fingerprint density at radius 1 is 1.30 bits per heavy atom. The first-order valence-corrected chi connectivity index (χ1v) is 7.86. The van der Waals surface area contributed by atoms with Gasteiger partial charge in [0.15, 0.2) is 0 Å². The number of hydrogen-bond acceptors (Lipinski definition) is 3. The second kappa shape index (κ2) is 6.83. The lowest BCUT2D eigenvalue weighted by atomic mass is 9.96. The molecule has 2 amide bonds. The van der Waals surface area contributed by atoms with Crippen molar-refractivity contribution in [3.63, 3.8) is 0 Å². The molecule has 0 spiro atoms. The van der Waals surface area contributed by atoms with E-state index in [9.17, 15) is 9.59 Å². The van der Waals surface area contributed by atoms with Crippen LogP contribution in [0.1, 0.15) is 23.2 Å². The molecule has 1 atom stereocenters. The first-order chi connectivity index (χ1) is 11.1. The maximum absolute atomic E-state index is 12.5. The smallest absolute Gasteiger partial charge is 0.253 e. The minimum atomic E-state index is -0.213. The minimum absolute atomic E-state index is 0.0672. The number of benzene rings is 1. The van der Waals surface area contributed by atoms with Gasteiger partial charge in [0.05, 0.1) is 17.8 Å². The van der Waals surface area contributed by atoms with Crippen LogP contribution in [0.3, 0.4) is 0 Å². The number of nitrogens with one attached hydrogen (secondary N) is 2. The number of carbonyl (C=O) groups excluding carboxylic acids is 2. The van der Waals surface area contributed by atoms with Crippen LogP contribution in [0.4, 0.5) is 5.69 Å². The standard InChI is InChI=1S/C16H17ClN4O2/c17-13-5-3-11(4-6-13)16(23)21-7-1-2-12(10-21)15(22)20-14-8-18-19-9-14/h3-6,8-9,12H,1-2,7,10H2,(H,18,19)(H,20,22). The number of rotatable bonds is 3. The molecule has 7 heteroatoms. The van der Waals surface area contributed by atoms with E-state index < -0.39 is 0 Å². The van der Waals surface area contributed by atoms with E-state index in [1.54, 1.807) is 41.6 Å². The quantitative estimate of drug-likeness (QED) is 0.906. The number of likely N-dealkylation sites (tertiary alicyclic amines) is 1. The van der Waals surface area contributed by atoms with E-state index in [2.05, 4.69) is 15.5 Å². The zero-order chi connectivity index (χ0) is 16.2. The first kappa shape index (κ1) is 15.6. The number of hydrogen-bond donors (Lipinski definition) is 2. The highest BCUT2D eigenvalue weighted by Crippen LogP contribution is 2.21. The summed E-state index contributed by atoms with van der Waals surface area (Å²) in [4.78, 5) is 26.6. The zero-order valence-electron chi connectivity index (χ0n) is 12.5. The van der Waals surface area contributed by atoms with Gasteiger partial charge >= 0.3 is 0 Å². The molecular weight excluding hydrogens is 316 g/mol. The molecule has 6 nitrogen and oxygen atoms in total. The summed E-state index contributed by atoms with van der Waals surface area (Å²) in [7, 11) is 0. The fraction of sp³-hybridized carbons (Fsp3) is 0.312. The Bertz CT molecular complexity index is 685. The lowest BCUT2D eigenvalue weighted by molar-refractivity contribution is -0.121. The van der Waals surface area contributed by atoms with Crippen LogP contribution in [0.25, 0.3) is 0 Å². The number of anilines is 1. The summed E-state index contributed by atoms with van der Waals surface area (Å²) in [6, 6.07) is 6.81. The average Bonchev–Trinajstić information content (AvgIpc) is 3.08. The Morgan fingerprint density at radius 2 is 2.09 bits per heavy atom. The molecule has 0 radical (unpaired) electrons. The van der Waals surface area contributed by atoms with Crippen molar-refractivity contribution in [2.24, 2.45) is 5.92 Å². The van der Waals surface area contributed by atoms with E-state index in [4.69, 9.17) is 11.6 Å². The third-order valence-corrected chi connectivity index (χ3v) is 4.19. The summed E-state index contributed by atoms with van der Waals surface area (Å²) in [6.45, 7) is 1.09. The Hall–Kier alpha value is -2.34. The molecule has 1 aliphatic rings. The first-order valence-electron chi connectivity index (χ1n) is 7.48. The summed E-state index contributed by atoms with van der Waals surface area (Å²) in [5, 5.41) is 9.85. The number of aromatic nitrogens is 2. The van der Waals surface area contributed by atoms with E-state index in [1.165, 1.54) is 0 Å². The van der Waals surface area contributed by atoms with Crippen LogP contribution in [0.5, 0.6) is 0 Å². The van der Waals surface area contributed by atoms with E-state index >= 15 is 0 Å². The molecule has 2 N–H and O–H groups in total. The van der Waals surface area contributed by atoms with E-state index in [1.807, 2.05) is 0 Å². The fourth-order valence-corrected chi connectivity index (χ4v) is 2.84. The summed E-state index contributed by atoms with van der Waals surface area (Å²) in [5.74, 6) is -0.364. The van der Waals surface area contributed by atoms with Crippen molar-refractivity contribution in [3.05, 3.63) is 47.2 Å². The van der Waals surface area contributed by atoms with Crippen LogP contribution < -0.4 is 5.32 Å². The van der Waals surface area contributed by atoms with E-state index in [0.29, 0.717) is 29.4 Å². The normalized spacial score (nSPS) is 17.8. The van der Waals surface area contributed by atoms with Gasteiger partial charge in [-0.25, -0.2) is 0 Å². The second-order valence-electron chi connectivity index (χ2n) is 5.57. The topological polar surface area (TPSA) is 78.1 Å².